The van der Waals surface area contributed by atoms with Crippen molar-refractivity contribution in [3.63, 3.8) is 0 Å². The Kier molecular flexibility index (Phi) is 16.7. The van der Waals surface area contributed by atoms with Crippen molar-refractivity contribution >= 4 is 0 Å². The minimum Gasteiger partial charge on any atom is -0.394 e. The van der Waals surface area contributed by atoms with Crippen LogP contribution in [0.15, 0.2) is 12.2 Å². The van der Waals surface area contributed by atoms with E-state index in [9.17, 15) is 10.2 Å². The van der Waals surface area contributed by atoms with Crippen molar-refractivity contribution in [2.45, 2.75) is 103 Å². The third-order valence-electron chi connectivity index (χ3n) is 4.07. The Bertz CT molecular complexity index is 241. The first-order chi connectivity index (χ1) is 10.7. The van der Waals surface area contributed by atoms with E-state index in [4.69, 9.17) is 5.11 Å². The number of aliphatic hydroxyl groups excluding tert-OH is 3. The van der Waals surface area contributed by atoms with Gasteiger partial charge in [0, 0.05) is 6.42 Å². The number of hydrogen-bond acceptors (Lipinski definition) is 3. The molecular formula is C19H38O3. The number of allylic oxidation sites excluding steroid dienone is 2. The molecule has 0 aliphatic heterocycles. The summed E-state index contributed by atoms with van der Waals surface area (Å²) in [5, 5.41) is 27.6. The molecule has 3 heteroatoms. The van der Waals surface area contributed by atoms with Crippen molar-refractivity contribution in [1.82, 2.24) is 0 Å². The van der Waals surface area contributed by atoms with Gasteiger partial charge in [-0.3, -0.25) is 0 Å². The molecule has 0 heterocycles. The molecule has 0 radical (unpaired) electrons. The second kappa shape index (κ2) is 17.0. The minimum atomic E-state index is -0.771. The molecule has 2 atom stereocenters. The molecule has 132 valence electrons. The quantitative estimate of drug-likeness (QED) is 0.293. The molecule has 0 aromatic heterocycles. The topological polar surface area (TPSA) is 60.7 Å². The fourth-order valence-electron chi connectivity index (χ4n) is 2.67. The summed E-state index contributed by atoms with van der Waals surface area (Å²) in [4.78, 5) is 0. The highest BCUT2D eigenvalue weighted by Gasteiger charge is 2.10. The summed E-state index contributed by atoms with van der Waals surface area (Å²) >= 11 is 0. The Morgan fingerprint density at radius 2 is 1.27 bits per heavy atom. The Morgan fingerprint density at radius 3 is 1.82 bits per heavy atom. The van der Waals surface area contributed by atoms with E-state index in [0.29, 0.717) is 6.42 Å². The molecule has 0 saturated carbocycles. The predicted octanol–water partition coefficient (Wildman–Crippen LogP) is 4.35. The molecule has 0 rings (SSSR count). The summed E-state index contributed by atoms with van der Waals surface area (Å²) < 4.78 is 0. The van der Waals surface area contributed by atoms with Crippen molar-refractivity contribution in [3.8, 4) is 0 Å². The first-order valence-electron chi connectivity index (χ1n) is 9.32. The van der Waals surface area contributed by atoms with Crippen LogP contribution < -0.4 is 0 Å². The monoisotopic (exact) mass is 314 g/mol. The number of aliphatic hydroxyl groups is 3. The van der Waals surface area contributed by atoms with Gasteiger partial charge in [0.2, 0.25) is 0 Å². The van der Waals surface area contributed by atoms with Gasteiger partial charge in [0.25, 0.3) is 0 Å². The molecule has 0 aliphatic rings. The molecule has 0 aromatic carbocycles. The van der Waals surface area contributed by atoms with E-state index in [1.165, 1.54) is 51.4 Å². The zero-order valence-corrected chi connectivity index (χ0v) is 14.6. The highest BCUT2D eigenvalue weighted by molar-refractivity contribution is 4.79. The summed E-state index contributed by atoms with van der Waals surface area (Å²) in [5.41, 5.74) is 0. The van der Waals surface area contributed by atoms with Gasteiger partial charge < -0.3 is 15.3 Å². The van der Waals surface area contributed by atoms with Gasteiger partial charge in [-0.2, -0.15) is 0 Å². The lowest BCUT2D eigenvalue weighted by atomic mass is 10.0. The summed E-state index contributed by atoms with van der Waals surface area (Å²) in [6, 6.07) is 0. The second-order valence-corrected chi connectivity index (χ2v) is 6.36. The highest BCUT2D eigenvalue weighted by atomic mass is 16.3. The Hall–Kier alpha value is -0.380. The summed E-state index contributed by atoms with van der Waals surface area (Å²) in [5.74, 6) is 0. The fourth-order valence-corrected chi connectivity index (χ4v) is 2.67. The Labute approximate surface area is 137 Å². The van der Waals surface area contributed by atoms with E-state index in [1.807, 2.05) is 0 Å². The van der Waals surface area contributed by atoms with E-state index in [0.717, 1.165) is 25.7 Å². The zero-order valence-electron chi connectivity index (χ0n) is 14.6. The maximum absolute atomic E-state index is 9.65. The Morgan fingerprint density at radius 1 is 0.727 bits per heavy atom. The lowest BCUT2D eigenvalue weighted by molar-refractivity contribution is 0.0380. The zero-order chi connectivity index (χ0) is 16.5. The van der Waals surface area contributed by atoms with Gasteiger partial charge >= 0.3 is 0 Å². The van der Waals surface area contributed by atoms with Crippen LogP contribution in [0.1, 0.15) is 90.4 Å². The third-order valence-corrected chi connectivity index (χ3v) is 4.07. The van der Waals surface area contributed by atoms with Crippen LogP contribution in [0, 0.1) is 0 Å². The van der Waals surface area contributed by atoms with Crippen LogP contribution in [0.5, 0.6) is 0 Å². The average molecular weight is 315 g/mol. The largest absolute Gasteiger partial charge is 0.394 e. The average Bonchev–Trinajstić information content (AvgIpc) is 2.51. The second-order valence-electron chi connectivity index (χ2n) is 6.36. The van der Waals surface area contributed by atoms with Crippen LogP contribution in [0.2, 0.25) is 0 Å². The minimum absolute atomic E-state index is 0.258. The predicted molar refractivity (Wildman–Crippen MR) is 93.9 cm³/mol. The fraction of sp³-hybridized carbons (Fsp3) is 0.895. The molecule has 22 heavy (non-hydrogen) atoms. The molecule has 0 bridgehead atoms. The molecule has 0 amide bonds. The number of unbranched alkanes of at least 4 members (excludes halogenated alkanes) is 9. The molecule has 3 N–H and O–H groups in total. The van der Waals surface area contributed by atoms with Crippen LogP contribution in [0.4, 0.5) is 0 Å². The van der Waals surface area contributed by atoms with Crippen molar-refractivity contribution in [3.05, 3.63) is 12.2 Å². The SMILES string of the molecule is CCC=CCCCCCCCCCCC[C@@H](O)C[C@@H](O)CO. The normalized spacial score (nSPS) is 14.5. The number of hydrogen-bond donors (Lipinski definition) is 3. The van der Waals surface area contributed by atoms with Gasteiger partial charge in [0.05, 0.1) is 18.8 Å². The molecule has 0 aromatic rings. The van der Waals surface area contributed by atoms with Crippen LogP contribution in [0.3, 0.4) is 0 Å². The van der Waals surface area contributed by atoms with Gasteiger partial charge in [0.1, 0.15) is 0 Å². The Balaban J connectivity index is 3.15. The summed E-state index contributed by atoms with van der Waals surface area (Å²) in [7, 11) is 0. The van der Waals surface area contributed by atoms with E-state index in [-0.39, 0.29) is 6.61 Å². The molecule has 0 spiro atoms. The molecule has 3 nitrogen and oxygen atoms in total. The van der Waals surface area contributed by atoms with E-state index >= 15 is 0 Å². The van der Waals surface area contributed by atoms with Crippen LogP contribution in [-0.4, -0.2) is 34.1 Å². The molecule has 0 unspecified atom stereocenters. The van der Waals surface area contributed by atoms with Crippen molar-refractivity contribution in [2.24, 2.45) is 0 Å². The van der Waals surface area contributed by atoms with Crippen molar-refractivity contribution in [2.75, 3.05) is 6.61 Å². The first-order valence-corrected chi connectivity index (χ1v) is 9.32. The van der Waals surface area contributed by atoms with E-state index in [2.05, 4.69) is 19.1 Å². The molecular weight excluding hydrogens is 276 g/mol. The molecule has 0 saturated heterocycles. The van der Waals surface area contributed by atoms with Crippen LogP contribution in [-0.2, 0) is 0 Å². The lowest BCUT2D eigenvalue weighted by Crippen LogP contribution is -2.20. The third kappa shape index (κ3) is 16.0. The van der Waals surface area contributed by atoms with E-state index < -0.39 is 12.2 Å². The van der Waals surface area contributed by atoms with Crippen LogP contribution in [0.25, 0.3) is 0 Å². The first kappa shape index (κ1) is 21.6. The highest BCUT2D eigenvalue weighted by Crippen LogP contribution is 2.13. The number of rotatable bonds is 16. The maximum Gasteiger partial charge on any atom is 0.0795 e. The van der Waals surface area contributed by atoms with E-state index in [1.54, 1.807) is 0 Å². The molecule has 0 fully saturated rings. The van der Waals surface area contributed by atoms with Gasteiger partial charge in [-0.05, 0) is 25.7 Å². The maximum atomic E-state index is 9.65. The summed E-state index contributed by atoms with van der Waals surface area (Å²) in [6.45, 7) is 1.92. The molecule has 0 aliphatic carbocycles. The van der Waals surface area contributed by atoms with Crippen molar-refractivity contribution < 1.29 is 15.3 Å². The lowest BCUT2D eigenvalue weighted by Gasteiger charge is -2.13. The van der Waals surface area contributed by atoms with Gasteiger partial charge in [-0.15, -0.1) is 0 Å². The van der Waals surface area contributed by atoms with Crippen molar-refractivity contribution in [1.29, 1.82) is 0 Å². The van der Waals surface area contributed by atoms with Gasteiger partial charge in [-0.25, -0.2) is 0 Å². The van der Waals surface area contributed by atoms with Gasteiger partial charge in [0.15, 0.2) is 0 Å². The van der Waals surface area contributed by atoms with Crippen LogP contribution >= 0.6 is 0 Å². The van der Waals surface area contributed by atoms with Gasteiger partial charge in [-0.1, -0.05) is 70.4 Å². The summed E-state index contributed by atoms with van der Waals surface area (Å²) in [6.07, 6.45) is 18.2. The smallest absolute Gasteiger partial charge is 0.0795 e. The standard InChI is InChI=1S/C19H38O3/c1-2-3-4-5-6-7-8-9-10-11-12-13-14-15-18(21)16-19(22)17-20/h3-4,18-22H,2,5-17H2,1H3/t18-,19-/m1/s1.